The summed E-state index contributed by atoms with van der Waals surface area (Å²) < 4.78 is 40.9. The molecule has 3 rings (SSSR count). The molecular weight excluding hydrogens is 521 g/mol. The normalized spacial score (nSPS) is 11.6. The molecule has 3 aromatic rings. The summed E-state index contributed by atoms with van der Waals surface area (Å²) in [6.07, 6.45) is 0. The highest BCUT2D eigenvalue weighted by atomic mass is 35.5. The number of sulfonamides is 1. The van der Waals surface area contributed by atoms with Gasteiger partial charge >= 0.3 is 0 Å². The topological polar surface area (TPSA) is 66.5 Å². The van der Waals surface area contributed by atoms with Gasteiger partial charge in [0.2, 0.25) is 15.9 Å². The van der Waals surface area contributed by atoms with Crippen LogP contribution in [-0.4, -0.2) is 25.2 Å². The smallest absolute Gasteiger partial charge is 0.243 e. The van der Waals surface area contributed by atoms with Crippen LogP contribution in [0.5, 0.6) is 0 Å². The summed E-state index contributed by atoms with van der Waals surface area (Å²) in [6, 6.07) is 13.9. The maximum Gasteiger partial charge on any atom is 0.243 e. The van der Waals surface area contributed by atoms with Crippen molar-refractivity contribution in [3.05, 3.63) is 92.1 Å². The summed E-state index contributed by atoms with van der Waals surface area (Å²) in [5.41, 5.74) is 0.745. The molecule has 0 saturated carbocycles. The van der Waals surface area contributed by atoms with Crippen LogP contribution in [0.3, 0.4) is 0 Å². The average molecular weight is 536 g/mol. The van der Waals surface area contributed by atoms with Gasteiger partial charge in [-0.15, -0.1) is 0 Å². The largest absolute Gasteiger partial charge is 0.325 e. The minimum Gasteiger partial charge on any atom is -0.325 e. The lowest BCUT2D eigenvalue weighted by molar-refractivity contribution is -0.116. The number of hydrogen-bond acceptors (Lipinski definition) is 3. The van der Waals surface area contributed by atoms with Crippen molar-refractivity contribution in [1.29, 1.82) is 0 Å². The van der Waals surface area contributed by atoms with Crippen molar-refractivity contribution in [3.63, 3.8) is 0 Å². The Morgan fingerprint density at radius 1 is 0.875 bits per heavy atom. The zero-order chi connectivity index (χ0) is 23.5. The van der Waals surface area contributed by atoms with E-state index in [1.807, 2.05) is 0 Å². The van der Waals surface area contributed by atoms with E-state index >= 15 is 0 Å². The molecule has 0 aliphatic rings. The first kappa shape index (κ1) is 24.8. The second-order valence-electron chi connectivity index (χ2n) is 6.65. The van der Waals surface area contributed by atoms with Crippen molar-refractivity contribution >= 4 is 68.0 Å². The molecule has 11 heteroatoms. The fourth-order valence-electron chi connectivity index (χ4n) is 2.76. The Kier molecular flexibility index (Phi) is 8.03. The highest BCUT2D eigenvalue weighted by Crippen LogP contribution is 2.26. The van der Waals surface area contributed by atoms with Gasteiger partial charge in [0.1, 0.15) is 5.82 Å². The van der Waals surface area contributed by atoms with E-state index in [2.05, 4.69) is 5.32 Å². The second-order valence-corrected chi connectivity index (χ2v) is 10.2. The minimum absolute atomic E-state index is 0.0420. The van der Waals surface area contributed by atoms with Crippen molar-refractivity contribution < 1.29 is 17.6 Å². The van der Waals surface area contributed by atoms with Gasteiger partial charge in [-0.1, -0.05) is 52.5 Å². The second kappa shape index (κ2) is 10.4. The molecule has 168 valence electrons. The van der Waals surface area contributed by atoms with E-state index in [0.29, 0.717) is 15.6 Å². The zero-order valence-corrected chi connectivity index (χ0v) is 20.0. The first-order valence-corrected chi connectivity index (χ1v) is 12.0. The fraction of sp³-hybridized carbons (Fsp3) is 0.0952. The lowest BCUT2D eigenvalue weighted by Gasteiger charge is -2.22. The maximum absolute atomic E-state index is 13.4. The van der Waals surface area contributed by atoms with E-state index in [9.17, 15) is 17.6 Å². The number of amides is 1. The highest BCUT2D eigenvalue weighted by Gasteiger charge is 2.27. The van der Waals surface area contributed by atoms with Gasteiger partial charge in [-0.2, -0.15) is 4.31 Å². The van der Waals surface area contributed by atoms with Gasteiger partial charge in [-0.25, -0.2) is 12.8 Å². The zero-order valence-electron chi connectivity index (χ0n) is 16.2. The summed E-state index contributed by atoms with van der Waals surface area (Å²) in [5, 5.41) is 3.27. The molecule has 0 bridgehead atoms. The monoisotopic (exact) mass is 534 g/mol. The molecule has 0 aliphatic carbocycles. The number of benzene rings is 3. The van der Waals surface area contributed by atoms with Crippen LogP contribution in [0, 0.1) is 5.82 Å². The molecule has 3 aromatic carbocycles. The Hall–Kier alpha value is -1.87. The molecule has 32 heavy (non-hydrogen) atoms. The number of carbonyl (C=O) groups excluding carboxylic acids is 1. The van der Waals surface area contributed by atoms with Crippen LogP contribution in [0.15, 0.2) is 65.6 Å². The van der Waals surface area contributed by atoms with Crippen molar-refractivity contribution in [1.82, 2.24) is 4.31 Å². The number of nitrogens with one attached hydrogen (secondary N) is 1. The van der Waals surface area contributed by atoms with Crippen molar-refractivity contribution in [2.45, 2.75) is 11.4 Å². The summed E-state index contributed by atoms with van der Waals surface area (Å²) in [7, 11) is -4.09. The van der Waals surface area contributed by atoms with E-state index in [0.717, 1.165) is 10.4 Å². The Morgan fingerprint density at radius 2 is 1.56 bits per heavy atom. The molecular formula is C21H15Cl4FN2O3S. The molecule has 0 unspecified atom stereocenters. The van der Waals surface area contributed by atoms with Gasteiger partial charge in [0.05, 0.1) is 26.5 Å². The number of halogens is 5. The molecule has 0 radical (unpaired) electrons. The highest BCUT2D eigenvalue weighted by molar-refractivity contribution is 7.89. The number of hydrogen-bond donors (Lipinski definition) is 1. The molecule has 0 atom stereocenters. The van der Waals surface area contributed by atoms with Gasteiger partial charge in [0, 0.05) is 17.3 Å². The lowest BCUT2D eigenvalue weighted by atomic mass is 10.2. The third kappa shape index (κ3) is 6.13. The lowest BCUT2D eigenvalue weighted by Crippen LogP contribution is -2.37. The molecule has 5 nitrogen and oxygen atoms in total. The molecule has 0 heterocycles. The fourth-order valence-corrected chi connectivity index (χ4v) is 4.77. The third-order valence-corrected chi connectivity index (χ3v) is 7.40. The Bertz CT molecular complexity index is 1250. The minimum atomic E-state index is -4.09. The summed E-state index contributed by atoms with van der Waals surface area (Å²) in [6.45, 7) is -0.681. The third-order valence-electron chi connectivity index (χ3n) is 4.32. The van der Waals surface area contributed by atoms with Gasteiger partial charge in [0.15, 0.2) is 0 Å². The first-order chi connectivity index (χ1) is 15.1. The first-order valence-electron chi connectivity index (χ1n) is 9.01. The van der Waals surface area contributed by atoms with Crippen LogP contribution in [0.25, 0.3) is 0 Å². The van der Waals surface area contributed by atoms with Crippen LogP contribution in [0.2, 0.25) is 20.1 Å². The van der Waals surface area contributed by atoms with E-state index < -0.39 is 28.3 Å². The standard InChI is InChI=1S/C21H15Cl4FN2O3S/c22-14-2-5-16(6-3-14)32(30,31)28(11-13-1-7-17(23)18(24)9-13)12-21(29)27-15-4-8-20(26)19(25)10-15/h1-10H,11-12H2,(H,27,29). The van der Waals surface area contributed by atoms with Gasteiger partial charge in [0.25, 0.3) is 0 Å². The molecule has 0 saturated heterocycles. The van der Waals surface area contributed by atoms with E-state index in [4.69, 9.17) is 46.4 Å². The molecule has 0 aromatic heterocycles. The molecule has 1 N–H and O–H groups in total. The van der Waals surface area contributed by atoms with Crippen molar-refractivity contribution in [3.8, 4) is 0 Å². The maximum atomic E-state index is 13.4. The van der Waals surface area contributed by atoms with E-state index in [1.54, 1.807) is 6.07 Å². The van der Waals surface area contributed by atoms with Crippen LogP contribution in [0.1, 0.15) is 5.56 Å². The van der Waals surface area contributed by atoms with Crippen LogP contribution >= 0.6 is 46.4 Å². The van der Waals surface area contributed by atoms with E-state index in [1.165, 1.54) is 48.5 Å². The Balaban J connectivity index is 1.89. The number of carbonyl (C=O) groups is 1. The predicted molar refractivity (Wildman–Crippen MR) is 126 cm³/mol. The number of nitrogens with zero attached hydrogens (tertiary/aromatic N) is 1. The molecule has 0 fully saturated rings. The van der Waals surface area contributed by atoms with Crippen LogP contribution in [-0.2, 0) is 21.4 Å². The molecule has 0 spiro atoms. The van der Waals surface area contributed by atoms with E-state index in [-0.39, 0.29) is 27.2 Å². The van der Waals surface area contributed by atoms with Crippen LogP contribution in [0.4, 0.5) is 10.1 Å². The Morgan fingerprint density at radius 3 is 2.19 bits per heavy atom. The summed E-state index contributed by atoms with van der Waals surface area (Å²) in [4.78, 5) is 12.6. The van der Waals surface area contributed by atoms with Crippen molar-refractivity contribution in [2.24, 2.45) is 0 Å². The van der Waals surface area contributed by atoms with Gasteiger partial charge < -0.3 is 5.32 Å². The van der Waals surface area contributed by atoms with Gasteiger partial charge in [-0.3, -0.25) is 4.79 Å². The molecule has 0 aliphatic heterocycles. The quantitative estimate of drug-likeness (QED) is 0.387. The number of rotatable bonds is 7. The predicted octanol–water partition coefficient (Wildman–Crippen LogP) is 6.27. The molecule has 1 amide bonds. The SMILES string of the molecule is O=C(CN(Cc1ccc(Cl)c(Cl)c1)S(=O)(=O)c1ccc(Cl)cc1)Nc1ccc(F)c(Cl)c1. The van der Waals surface area contributed by atoms with Crippen LogP contribution < -0.4 is 5.32 Å². The Labute approximate surface area is 204 Å². The summed E-state index contributed by atoms with van der Waals surface area (Å²) in [5.74, 6) is -1.29. The number of anilines is 1. The summed E-state index contributed by atoms with van der Waals surface area (Å²) >= 11 is 23.6. The average Bonchev–Trinajstić information content (AvgIpc) is 2.73. The van der Waals surface area contributed by atoms with Crippen molar-refractivity contribution in [2.75, 3.05) is 11.9 Å². The van der Waals surface area contributed by atoms with Gasteiger partial charge in [-0.05, 0) is 60.2 Å².